The highest BCUT2D eigenvalue weighted by Crippen LogP contribution is 2.23. The number of hydrogen-bond donors (Lipinski definition) is 1. The van der Waals surface area contributed by atoms with Crippen LogP contribution in [0.1, 0.15) is 56.3 Å². The van der Waals surface area contributed by atoms with Gasteiger partial charge in [-0.25, -0.2) is 4.40 Å². The molecule has 2 aromatic carbocycles. The minimum absolute atomic E-state index is 0.114. The van der Waals surface area contributed by atoms with Gasteiger partial charge in [0.05, 0.1) is 5.52 Å². The smallest absolute Gasteiger partial charge is 0.265 e. The lowest BCUT2D eigenvalue weighted by molar-refractivity contribution is 0.0938. The fourth-order valence-corrected chi connectivity index (χ4v) is 3.83. The molecular formula is C24H26N2O3. The molecule has 1 amide bonds. The van der Waals surface area contributed by atoms with E-state index in [1.54, 1.807) is 28.7 Å². The highest BCUT2D eigenvalue weighted by molar-refractivity contribution is 5.98. The normalized spacial score (nSPS) is 12.6. The number of nitrogens with one attached hydrogen (secondary N) is 1. The van der Waals surface area contributed by atoms with Crippen molar-refractivity contribution in [2.75, 3.05) is 0 Å². The topological polar surface area (TPSA) is 63.7 Å². The van der Waals surface area contributed by atoms with E-state index in [1.807, 2.05) is 31.2 Å². The predicted octanol–water partition coefficient (Wildman–Crippen LogP) is 5.29. The van der Waals surface area contributed by atoms with Crippen LogP contribution in [0.4, 0.5) is 0 Å². The molecule has 0 aliphatic carbocycles. The monoisotopic (exact) mass is 390 g/mol. The van der Waals surface area contributed by atoms with E-state index >= 15 is 0 Å². The zero-order valence-electron chi connectivity index (χ0n) is 16.9. The van der Waals surface area contributed by atoms with Crippen molar-refractivity contribution in [3.63, 3.8) is 0 Å². The molecule has 0 aliphatic rings. The predicted molar refractivity (Wildman–Crippen MR) is 117 cm³/mol. The van der Waals surface area contributed by atoms with Gasteiger partial charge in [0.25, 0.3) is 11.5 Å². The first-order chi connectivity index (χ1) is 14.1. The Morgan fingerprint density at radius 1 is 1.10 bits per heavy atom. The standard InChI is InChI=1S/C24H26N2O3/c1-3-4-5-6-9-16(2)25-23(27)18-12-13-21-20(14-18)26-22(29-21)15-17-10-7-8-11-19(17)24(26)28/h7-8,10-16H,3-6,9H2,1-2H3,(H,25,27)/t16-/m0/s1. The number of unbranched alkanes of at least 4 members (excludes halogenated alkanes) is 3. The molecule has 0 saturated carbocycles. The molecule has 0 fully saturated rings. The molecule has 2 heterocycles. The number of hydrogen-bond acceptors (Lipinski definition) is 3. The molecule has 0 unspecified atom stereocenters. The van der Waals surface area contributed by atoms with Gasteiger partial charge in [0.2, 0.25) is 5.71 Å². The second kappa shape index (κ2) is 8.11. The number of fused-ring (bicyclic) bond motifs is 4. The Morgan fingerprint density at radius 2 is 1.93 bits per heavy atom. The highest BCUT2D eigenvalue weighted by atomic mass is 16.3. The van der Waals surface area contributed by atoms with E-state index in [0.717, 1.165) is 18.2 Å². The van der Waals surface area contributed by atoms with E-state index < -0.39 is 0 Å². The molecule has 0 saturated heterocycles. The van der Waals surface area contributed by atoms with Crippen LogP contribution in [0.15, 0.2) is 57.7 Å². The summed E-state index contributed by atoms with van der Waals surface area (Å²) < 4.78 is 7.41. The Kier molecular flexibility index (Phi) is 5.38. The molecule has 2 aromatic heterocycles. The summed E-state index contributed by atoms with van der Waals surface area (Å²) in [5, 5.41) is 4.53. The van der Waals surface area contributed by atoms with Crippen molar-refractivity contribution < 1.29 is 9.21 Å². The summed E-state index contributed by atoms with van der Waals surface area (Å²) in [4.78, 5) is 25.7. The molecule has 4 aromatic rings. The second-order valence-electron chi connectivity index (χ2n) is 7.72. The zero-order valence-corrected chi connectivity index (χ0v) is 16.9. The number of nitrogens with zero attached hydrogens (tertiary/aromatic N) is 1. The lowest BCUT2D eigenvalue weighted by atomic mass is 10.1. The third-order valence-corrected chi connectivity index (χ3v) is 5.44. The number of benzene rings is 2. The maximum atomic E-state index is 13.0. The first-order valence-corrected chi connectivity index (χ1v) is 10.4. The molecule has 1 N–H and O–H groups in total. The summed E-state index contributed by atoms with van der Waals surface area (Å²) in [6.07, 6.45) is 5.71. The SMILES string of the molecule is CCCCCC[C@H](C)NC(=O)c1ccc2oc3cc4ccccc4c(=O)n3c2c1. The first kappa shape index (κ1) is 19.2. The van der Waals surface area contributed by atoms with E-state index in [2.05, 4.69) is 12.2 Å². The molecule has 0 aliphatic heterocycles. The molecule has 5 heteroatoms. The molecule has 0 radical (unpaired) electrons. The number of amides is 1. The van der Waals surface area contributed by atoms with E-state index in [0.29, 0.717) is 27.8 Å². The van der Waals surface area contributed by atoms with Gasteiger partial charge in [-0.1, -0.05) is 50.8 Å². The van der Waals surface area contributed by atoms with Gasteiger partial charge in [-0.15, -0.1) is 0 Å². The molecule has 5 nitrogen and oxygen atoms in total. The maximum Gasteiger partial charge on any atom is 0.265 e. The Bertz CT molecular complexity index is 1240. The Labute approximate surface area is 169 Å². The molecular weight excluding hydrogens is 364 g/mol. The van der Waals surface area contributed by atoms with E-state index in [4.69, 9.17) is 4.42 Å². The fraction of sp³-hybridized carbons (Fsp3) is 0.333. The molecule has 1 atom stereocenters. The summed E-state index contributed by atoms with van der Waals surface area (Å²) in [7, 11) is 0. The maximum absolute atomic E-state index is 13.0. The van der Waals surface area contributed by atoms with Gasteiger partial charge in [0.15, 0.2) is 5.58 Å². The average Bonchev–Trinajstić information content (AvgIpc) is 3.09. The number of aromatic nitrogens is 1. The number of carbonyl (C=O) groups is 1. The van der Waals surface area contributed by atoms with Crippen molar-refractivity contribution in [3.8, 4) is 0 Å². The van der Waals surface area contributed by atoms with Gasteiger partial charge in [0, 0.05) is 23.1 Å². The fourth-order valence-electron chi connectivity index (χ4n) is 3.83. The van der Waals surface area contributed by atoms with Crippen LogP contribution >= 0.6 is 0 Å². The quantitative estimate of drug-likeness (QED) is 0.436. The number of pyridine rings is 1. The van der Waals surface area contributed by atoms with Crippen molar-refractivity contribution >= 4 is 33.5 Å². The lowest BCUT2D eigenvalue weighted by Crippen LogP contribution is -2.32. The lowest BCUT2D eigenvalue weighted by Gasteiger charge is -2.13. The Hall–Kier alpha value is -3.08. The van der Waals surface area contributed by atoms with E-state index in [-0.39, 0.29) is 17.5 Å². The van der Waals surface area contributed by atoms with Crippen LogP contribution in [-0.2, 0) is 0 Å². The largest absolute Gasteiger partial charge is 0.438 e. The van der Waals surface area contributed by atoms with Crippen LogP contribution in [-0.4, -0.2) is 16.3 Å². The van der Waals surface area contributed by atoms with Gasteiger partial charge in [-0.3, -0.25) is 9.59 Å². The zero-order chi connectivity index (χ0) is 20.4. The number of oxazole rings is 1. The van der Waals surface area contributed by atoms with Crippen molar-refractivity contribution in [1.82, 2.24) is 9.72 Å². The number of carbonyl (C=O) groups excluding carboxylic acids is 1. The molecule has 0 spiro atoms. The van der Waals surface area contributed by atoms with Crippen LogP contribution in [0.25, 0.3) is 27.6 Å². The van der Waals surface area contributed by atoms with Crippen LogP contribution < -0.4 is 10.9 Å². The summed E-state index contributed by atoms with van der Waals surface area (Å²) in [6.45, 7) is 4.22. The van der Waals surface area contributed by atoms with E-state index in [1.165, 1.54) is 19.3 Å². The van der Waals surface area contributed by atoms with Crippen molar-refractivity contribution in [3.05, 3.63) is 64.4 Å². The number of rotatable bonds is 7. The minimum atomic E-state index is -0.140. The van der Waals surface area contributed by atoms with Gasteiger partial charge in [0.1, 0.15) is 0 Å². The van der Waals surface area contributed by atoms with Crippen LogP contribution in [0.3, 0.4) is 0 Å². The molecule has 150 valence electrons. The summed E-state index contributed by atoms with van der Waals surface area (Å²) in [6, 6.07) is 14.6. The van der Waals surface area contributed by atoms with Crippen LogP contribution in [0.5, 0.6) is 0 Å². The van der Waals surface area contributed by atoms with Gasteiger partial charge >= 0.3 is 0 Å². The van der Waals surface area contributed by atoms with Crippen LogP contribution in [0, 0.1) is 0 Å². The molecule has 4 rings (SSSR count). The summed E-state index contributed by atoms with van der Waals surface area (Å²) in [5.74, 6) is -0.127. The van der Waals surface area contributed by atoms with Crippen molar-refractivity contribution in [2.24, 2.45) is 0 Å². The molecule has 29 heavy (non-hydrogen) atoms. The van der Waals surface area contributed by atoms with Crippen LogP contribution in [0.2, 0.25) is 0 Å². The van der Waals surface area contributed by atoms with Crippen molar-refractivity contribution in [2.45, 2.75) is 52.0 Å². The highest BCUT2D eigenvalue weighted by Gasteiger charge is 2.15. The summed E-state index contributed by atoms with van der Waals surface area (Å²) in [5.41, 5.74) is 2.06. The van der Waals surface area contributed by atoms with Gasteiger partial charge in [-0.2, -0.15) is 0 Å². The van der Waals surface area contributed by atoms with Gasteiger partial charge in [-0.05, 0) is 43.0 Å². The van der Waals surface area contributed by atoms with Gasteiger partial charge < -0.3 is 9.73 Å². The van der Waals surface area contributed by atoms with Crippen molar-refractivity contribution in [1.29, 1.82) is 0 Å². The summed E-state index contributed by atoms with van der Waals surface area (Å²) >= 11 is 0. The molecule has 0 bridgehead atoms. The minimum Gasteiger partial charge on any atom is -0.438 e. The Balaban J connectivity index is 1.65. The van der Waals surface area contributed by atoms with E-state index in [9.17, 15) is 9.59 Å². The second-order valence-corrected chi connectivity index (χ2v) is 7.72. The Morgan fingerprint density at radius 3 is 2.76 bits per heavy atom. The third-order valence-electron chi connectivity index (χ3n) is 5.44. The average molecular weight is 390 g/mol. The first-order valence-electron chi connectivity index (χ1n) is 10.4. The third kappa shape index (κ3) is 3.77.